The molecule has 0 aliphatic heterocycles. The second-order valence-corrected chi connectivity index (χ2v) is 6.23. The molecule has 0 radical (unpaired) electrons. The standard InChI is InChI=1S/C14H11Cl2N3OS/c15-9-3-8(4-10(16)5-9)12(20)6-17-13-11-1-2-21-14(11)19-7-18-13/h1-5,7,12,20H,6H2,(H,17,18,19). The van der Waals surface area contributed by atoms with Gasteiger partial charge in [0.1, 0.15) is 17.0 Å². The largest absolute Gasteiger partial charge is 0.387 e. The number of halogens is 2. The molecule has 3 rings (SSSR count). The molecule has 0 amide bonds. The van der Waals surface area contributed by atoms with E-state index in [1.807, 2.05) is 11.4 Å². The fourth-order valence-electron chi connectivity index (χ4n) is 2.01. The number of benzene rings is 1. The number of fused-ring (bicyclic) bond motifs is 1. The molecule has 3 aromatic rings. The van der Waals surface area contributed by atoms with Crippen LogP contribution in [0.4, 0.5) is 5.82 Å². The van der Waals surface area contributed by atoms with Crippen molar-refractivity contribution in [3.63, 3.8) is 0 Å². The van der Waals surface area contributed by atoms with E-state index in [0.717, 1.165) is 10.2 Å². The monoisotopic (exact) mass is 339 g/mol. The van der Waals surface area contributed by atoms with Gasteiger partial charge in [0.25, 0.3) is 0 Å². The topological polar surface area (TPSA) is 58.0 Å². The highest BCUT2D eigenvalue weighted by Gasteiger charge is 2.11. The average molecular weight is 340 g/mol. The van der Waals surface area contributed by atoms with Crippen LogP contribution in [0.15, 0.2) is 36.0 Å². The summed E-state index contributed by atoms with van der Waals surface area (Å²) < 4.78 is 0. The summed E-state index contributed by atoms with van der Waals surface area (Å²) in [5.41, 5.74) is 0.663. The van der Waals surface area contributed by atoms with Gasteiger partial charge in [-0.15, -0.1) is 11.3 Å². The first-order chi connectivity index (χ1) is 10.1. The third kappa shape index (κ3) is 3.27. The minimum absolute atomic E-state index is 0.304. The van der Waals surface area contributed by atoms with E-state index < -0.39 is 6.10 Å². The number of rotatable bonds is 4. The number of thiophene rings is 1. The van der Waals surface area contributed by atoms with Crippen LogP contribution < -0.4 is 5.32 Å². The molecule has 7 heteroatoms. The van der Waals surface area contributed by atoms with Crippen LogP contribution in [0.1, 0.15) is 11.7 Å². The average Bonchev–Trinajstić information content (AvgIpc) is 2.92. The Kier molecular flexibility index (Phi) is 4.26. The van der Waals surface area contributed by atoms with E-state index in [4.69, 9.17) is 23.2 Å². The van der Waals surface area contributed by atoms with Crippen LogP contribution in [0.25, 0.3) is 10.2 Å². The third-order valence-electron chi connectivity index (χ3n) is 2.99. The zero-order chi connectivity index (χ0) is 14.8. The maximum Gasteiger partial charge on any atom is 0.138 e. The Labute approximate surface area is 135 Å². The van der Waals surface area contributed by atoms with Crippen LogP contribution in [-0.2, 0) is 0 Å². The quantitative estimate of drug-likeness (QED) is 0.749. The lowest BCUT2D eigenvalue weighted by atomic mass is 10.1. The van der Waals surface area contributed by atoms with Gasteiger partial charge in [-0.05, 0) is 35.2 Å². The van der Waals surface area contributed by atoms with E-state index in [1.165, 1.54) is 6.33 Å². The van der Waals surface area contributed by atoms with Gasteiger partial charge in [-0.3, -0.25) is 0 Å². The lowest BCUT2D eigenvalue weighted by molar-refractivity contribution is 0.191. The Morgan fingerprint density at radius 1 is 1.19 bits per heavy atom. The summed E-state index contributed by atoms with van der Waals surface area (Å²) in [6.45, 7) is 0.304. The SMILES string of the molecule is OC(CNc1ncnc2sccc12)c1cc(Cl)cc(Cl)c1. The maximum absolute atomic E-state index is 10.2. The number of nitrogens with zero attached hydrogens (tertiary/aromatic N) is 2. The zero-order valence-electron chi connectivity index (χ0n) is 10.8. The summed E-state index contributed by atoms with van der Waals surface area (Å²) in [7, 11) is 0. The fraction of sp³-hybridized carbons (Fsp3) is 0.143. The third-order valence-corrected chi connectivity index (χ3v) is 4.25. The van der Waals surface area contributed by atoms with E-state index in [0.29, 0.717) is 28.0 Å². The van der Waals surface area contributed by atoms with Crippen LogP contribution in [0.5, 0.6) is 0 Å². The summed E-state index contributed by atoms with van der Waals surface area (Å²) in [5, 5.41) is 17.3. The van der Waals surface area contributed by atoms with Gasteiger partial charge >= 0.3 is 0 Å². The van der Waals surface area contributed by atoms with Crippen LogP contribution >= 0.6 is 34.5 Å². The van der Waals surface area contributed by atoms with Gasteiger partial charge in [0.2, 0.25) is 0 Å². The van der Waals surface area contributed by atoms with E-state index in [-0.39, 0.29) is 0 Å². The molecule has 0 saturated carbocycles. The van der Waals surface area contributed by atoms with Crippen molar-refractivity contribution in [3.05, 3.63) is 51.6 Å². The fourth-order valence-corrected chi connectivity index (χ4v) is 3.29. The second-order valence-electron chi connectivity index (χ2n) is 4.46. The summed E-state index contributed by atoms with van der Waals surface area (Å²) in [4.78, 5) is 9.29. The smallest absolute Gasteiger partial charge is 0.138 e. The Balaban J connectivity index is 1.76. The maximum atomic E-state index is 10.2. The van der Waals surface area contributed by atoms with Crippen molar-refractivity contribution < 1.29 is 5.11 Å². The molecule has 1 atom stereocenters. The molecule has 1 unspecified atom stereocenters. The molecule has 0 aliphatic rings. The first-order valence-corrected chi connectivity index (χ1v) is 7.83. The molecule has 4 nitrogen and oxygen atoms in total. The van der Waals surface area contributed by atoms with Crippen molar-refractivity contribution in [3.8, 4) is 0 Å². The van der Waals surface area contributed by atoms with E-state index in [1.54, 1.807) is 29.5 Å². The zero-order valence-corrected chi connectivity index (χ0v) is 13.1. The van der Waals surface area contributed by atoms with Crippen molar-refractivity contribution in [2.75, 3.05) is 11.9 Å². The molecule has 2 heterocycles. The number of hydrogen-bond acceptors (Lipinski definition) is 5. The molecule has 0 saturated heterocycles. The number of nitrogens with one attached hydrogen (secondary N) is 1. The predicted molar refractivity (Wildman–Crippen MR) is 87.3 cm³/mol. The summed E-state index contributed by atoms with van der Waals surface area (Å²) in [5.74, 6) is 0.702. The minimum atomic E-state index is -0.732. The molecule has 2 aromatic heterocycles. The molecule has 1 aromatic carbocycles. The van der Waals surface area contributed by atoms with Gasteiger partial charge < -0.3 is 10.4 Å². The van der Waals surface area contributed by atoms with Crippen LogP contribution in [0.3, 0.4) is 0 Å². The minimum Gasteiger partial charge on any atom is -0.387 e. The van der Waals surface area contributed by atoms with Crippen LogP contribution in [0, 0.1) is 0 Å². The van der Waals surface area contributed by atoms with Gasteiger partial charge in [-0.25, -0.2) is 9.97 Å². The molecule has 2 N–H and O–H groups in total. The van der Waals surface area contributed by atoms with E-state index >= 15 is 0 Å². The van der Waals surface area contributed by atoms with Gasteiger partial charge in [-0.2, -0.15) is 0 Å². The van der Waals surface area contributed by atoms with Crippen molar-refractivity contribution >= 4 is 50.6 Å². The van der Waals surface area contributed by atoms with E-state index in [2.05, 4.69) is 15.3 Å². The van der Waals surface area contributed by atoms with Gasteiger partial charge in [0.05, 0.1) is 11.5 Å². The lowest BCUT2D eigenvalue weighted by Gasteiger charge is -2.13. The van der Waals surface area contributed by atoms with Gasteiger partial charge in [0.15, 0.2) is 0 Å². The number of aromatic nitrogens is 2. The second kappa shape index (κ2) is 6.15. The van der Waals surface area contributed by atoms with Crippen LogP contribution in [0.2, 0.25) is 10.0 Å². The highest BCUT2D eigenvalue weighted by Crippen LogP contribution is 2.26. The molecule has 21 heavy (non-hydrogen) atoms. The molecule has 108 valence electrons. The summed E-state index contributed by atoms with van der Waals surface area (Å²) in [6.07, 6.45) is 0.772. The Morgan fingerprint density at radius 3 is 2.71 bits per heavy atom. The van der Waals surface area contributed by atoms with Crippen LogP contribution in [-0.4, -0.2) is 21.6 Å². The highest BCUT2D eigenvalue weighted by molar-refractivity contribution is 7.16. The Morgan fingerprint density at radius 2 is 1.95 bits per heavy atom. The number of aliphatic hydroxyl groups excluding tert-OH is 1. The van der Waals surface area contributed by atoms with E-state index in [9.17, 15) is 5.11 Å². The summed E-state index contributed by atoms with van der Waals surface area (Å²) in [6, 6.07) is 6.97. The molecule has 0 bridgehead atoms. The number of aliphatic hydroxyl groups is 1. The summed E-state index contributed by atoms with van der Waals surface area (Å²) >= 11 is 13.4. The number of anilines is 1. The lowest BCUT2D eigenvalue weighted by Crippen LogP contribution is -2.13. The van der Waals surface area contributed by atoms with Gasteiger partial charge in [0, 0.05) is 16.6 Å². The Bertz CT molecular complexity index is 758. The first kappa shape index (κ1) is 14.5. The van der Waals surface area contributed by atoms with Crippen molar-refractivity contribution in [2.24, 2.45) is 0 Å². The Hall–Kier alpha value is -1.40. The van der Waals surface area contributed by atoms with Crippen molar-refractivity contribution in [1.29, 1.82) is 0 Å². The highest BCUT2D eigenvalue weighted by atomic mass is 35.5. The van der Waals surface area contributed by atoms with Gasteiger partial charge in [-0.1, -0.05) is 23.2 Å². The molecular formula is C14H11Cl2N3OS. The van der Waals surface area contributed by atoms with Crippen molar-refractivity contribution in [1.82, 2.24) is 9.97 Å². The number of hydrogen-bond donors (Lipinski definition) is 2. The predicted octanol–water partition coefficient (Wildman–Crippen LogP) is 4.14. The first-order valence-electron chi connectivity index (χ1n) is 6.19. The molecule has 0 aliphatic carbocycles. The molecule has 0 spiro atoms. The molecular weight excluding hydrogens is 329 g/mol. The normalized spacial score (nSPS) is 12.5. The molecule has 0 fully saturated rings. The van der Waals surface area contributed by atoms with Crippen molar-refractivity contribution in [2.45, 2.75) is 6.10 Å².